The zero-order valence-electron chi connectivity index (χ0n) is 19.8. The molecular formula is C27H28N2O4S. The van der Waals surface area contributed by atoms with Crippen LogP contribution in [0.15, 0.2) is 76.4 Å². The summed E-state index contributed by atoms with van der Waals surface area (Å²) in [5, 5.41) is 0.801. The summed E-state index contributed by atoms with van der Waals surface area (Å²) in [7, 11) is -2.33. The molecule has 0 saturated carbocycles. The van der Waals surface area contributed by atoms with E-state index >= 15 is 0 Å². The highest BCUT2D eigenvalue weighted by Gasteiger charge is 2.29. The van der Waals surface area contributed by atoms with Gasteiger partial charge >= 0.3 is 0 Å². The highest BCUT2D eigenvalue weighted by Crippen LogP contribution is 2.28. The largest absolute Gasteiger partial charge is 0.497 e. The summed E-state index contributed by atoms with van der Waals surface area (Å²) >= 11 is 0. The highest BCUT2D eigenvalue weighted by molar-refractivity contribution is 7.89. The number of pyridine rings is 1. The summed E-state index contributed by atoms with van der Waals surface area (Å²) in [5.74, 6) is 0.634. The van der Waals surface area contributed by atoms with Crippen LogP contribution in [0.1, 0.15) is 27.8 Å². The van der Waals surface area contributed by atoms with Crippen molar-refractivity contribution < 1.29 is 13.2 Å². The number of rotatable bonds is 7. The van der Waals surface area contributed by atoms with Crippen LogP contribution in [0.3, 0.4) is 0 Å². The predicted octanol–water partition coefficient (Wildman–Crippen LogP) is 4.85. The van der Waals surface area contributed by atoms with Crippen molar-refractivity contribution in [1.29, 1.82) is 0 Å². The Morgan fingerprint density at radius 2 is 1.56 bits per heavy atom. The first-order chi connectivity index (χ1) is 16.2. The van der Waals surface area contributed by atoms with Crippen LogP contribution in [0.5, 0.6) is 5.75 Å². The minimum Gasteiger partial charge on any atom is -0.497 e. The number of hydrogen-bond donors (Lipinski definition) is 1. The number of aromatic amines is 1. The van der Waals surface area contributed by atoms with E-state index in [0.717, 1.165) is 16.5 Å². The van der Waals surface area contributed by atoms with Crippen molar-refractivity contribution >= 4 is 20.9 Å². The molecule has 6 nitrogen and oxygen atoms in total. The molecule has 0 aliphatic carbocycles. The van der Waals surface area contributed by atoms with Crippen molar-refractivity contribution in [1.82, 2.24) is 9.29 Å². The van der Waals surface area contributed by atoms with Crippen LogP contribution < -0.4 is 10.3 Å². The Bertz CT molecular complexity index is 1490. The van der Waals surface area contributed by atoms with Gasteiger partial charge in [0.1, 0.15) is 5.75 Å². The summed E-state index contributed by atoms with van der Waals surface area (Å²) in [5.41, 5.74) is 3.91. The zero-order chi connectivity index (χ0) is 24.5. The topological polar surface area (TPSA) is 79.5 Å². The lowest BCUT2D eigenvalue weighted by Crippen LogP contribution is -2.33. The van der Waals surface area contributed by atoms with E-state index in [4.69, 9.17) is 4.74 Å². The molecule has 0 radical (unpaired) electrons. The van der Waals surface area contributed by atoms with Gasteiger partial charge in [-0.2, -0.15) is 4.31 Å². The molecule has 0 aliphatic rings. The van der Waals surface area contributed by atoms with Crippen LogP contribution >= 0.6 is 0 Å². The maximum atomic E-state index is 13.9. The van der Waals surface area contributed by atoms with Gasteiger partial charge in [-0.05, 0) is 61.0 Å². The average Bonchev–Trinajstić information content (AvgIpc) is 2.78. The predicted molar refractivity (Wildman–Crippen MR) is 135 cm³/mol. The molecule has 0 bridgehead atoms. The Labute approximate surface area is 199 Å². The summed E-state index contributed by atoms with van der Waals surface area (Å²) in [4.78, 5) is 16.1. The third kappa shape index (κ3) is 4.76. The smallest absolute Gasteiger partial charge is 0.252 e. The van der Waals surface area contributed by atoms with Crippen molar-refractivity contribution in [2.24, 2.45) is 0 Å². The zero-order valence-corrected chi connectivity index (χ0v) is 20.6. The lowest BCUT2D eigenvalue weighted by molar-refractivity contribution is 0.399. The molecule has 34 heavy (non-hydrogen) atoms. The molecule has 0 atom stereocenters. The van der Waals surface area contributed by atoms with Gasteiger partial charge in [0, 0.05) is 24.7 Å². The van der Waals surface area contributed by atoms with E-state index in [-0.39, 0.29) is 23.5 Å². The number of nitrogens with zero attached hydrogens (tertiary/aromatic N) is 1. The molecule has 176 valence electrons. The monoisotopic (exact) mass is 476 g/mol. The van der Waals surface area contributed by atoms with Gasteiger partial charge in [-0.1, -0.05) is 48.0 Å². The molecule has 0 unspecified atom stereocenters. The first kappa shape index (κ1) is 23.7. The average molecular weight is 477 g/mol. The molecule has 0 aliphatic heterocycles. The van der Waals surface area contributed by atoms with Crippen molar-refractivity contribution in [2.75, 3.05) is 7.11 Å². The fraction of sp³-hybridized carbons (Fsp3) is 0.222. The number of H-pyrrole nitrogens is 1. The minimum absolute atomic E-state index is 0.0543. The van der Waals surface area contributed by atoms with Crippen molar-refractivity contribution in [3.63, 3.8) is 0 Å². The number of fused-ring (bicyclic) bond motifs is 1. The van der Waals surface area contributed by atoms with Crippen LogP contribution in [-0.2, 0) is 23.1 Å². The lowest BCUT2D eigenvalue weighted by atomic mass is 10.1. The Morgan fingerprint density at radius 1 is 0.882 bits per heavy atom. The van der Waals surface area contributed by atoms with E-state index in [1.165, 1.54) is 4.31 Å². The number of ether oxygens (including phenoxy) is 1. The van der Waals surface area contributed by atoms with Crippen LogP contribution in [0, 0.1) is 20.8 Å². The van der Waals surface area contributed by atoms with Crippen LogP contribution in [-0.4, -0.2) is 24.8 Å². The van der Waals surface area contributed by atoms with Crippen LogP contribution in [0.25, 0.3) is 10.9 Å². The van der Waals surface area contributed by atoms with Gasteiger partial charge in [0.05, 0.1) is 17.5 Å². The van der Waals surface area contributed by atoms with Crippen LogP contribution in [0.2, 0.25) is 0 Å². The Balaban J connectivity index is 1.81. The number of aryl methyl sites for hydroxylation is 3. The normalized spacial score (nSPS) is 11.8. The van der Waals surface area contributed by atoms with Gasteiger partial charge < -0.3 is 9.72 Å². The molecule has 0 fully saturated rings. The Hall–Kier alpha value is -3.42. The van der Waals surface area contributed by atoms with E-state index in [2.05, 4.69) is 4.98 Å². The van der Waals surface area contributed by atoms with Crippen LogP contribution in [0.4, 0.5) is 0 Å². The fourth-order valence-electron chi connectivity index (χ4n) is 4.38. The maximum Gasteiger partial charge on any atom is 0.252 e. The first-order valence-corrected chi connectivity index (χ1v) is 12.4. The van der Waals surface area contributed by atoms with Crippen molar-refractivity contribution in [2.45, 2.75) is 38.8 Å². The Morgan fingerprint density at radius 3 is 2.21 bits per heavy atom. The van der Waals surface area contributed by atoms with Gasteiger partial charge in [0.15, 0.2) is 0 Å². The number of benzene rings is 3. The number of methoxy groups -OCH3 is 1. The standard InChI is InChI=1S/C27H28N2O4S/c1-18-12-19(2)26(20(3)13-18)34(31,32)29(16-21-8-6-5-7-9-21)17-23-14-22-10-11-24(33-4)15-25(22)28-27(23)30/h5-15H,16-17H2,1-4H3,(H,28,30). The molecule has 7 heteroatoms. The number of sulfonamides is 1. The highest BCUT2D eigenvalue weighted by atomic mass is 32.2. The molecule has 4 aromatic rings. The van der Waals surface area contributed by atoms with Gasteiger partial charge in [0.25, 0.3) is 5.56 Å². The van der Waals surface area contributed by atoms with Gasteiger partial charge in [-0.3, -0.25) is 4.79 Å². The molecular weight excluding hydrogens is 448 g/mol. The van der Waals surface area contributed by atoms with Gasteiger partial charge in [-0.25, -0.2) is 8.42 Å². The van der Waals surface area contributed by atoms with E-state index in [1.54, 1.807) is 19.2 Å². The van der Waals surface area contributed by atoms with Crippen molar-refractivity contribution in [3.8, 4) is 5.75 Å². The quantitative estimate of drug-likeness (QED) is 0.413. The van der Waals surface area contributed by atoms with Gasteiger partial charge in [0.2, 0.25) is 10.0 Å². The number of aromatic nitrogens is 1. The second-order valence-electron chi connectivity index (χ2n) is 8.56. The molecule has 0 spiro atoms. The van der Waals surface area contributed by atoms with E-state index in [9.17, 15) is 13.2 Å². The SMILES string of the molecule is COc1ccc2cc(CN(Cc3ccccc3)S(=O)(=O)c3c(C)cc(C)cc3C)c(=O)[nH]c2c1. The second kappa shape index (κ2) is 9.44. The Kier molecular flexibility index (Phi) is 6.59. The fourth-order valence-corrected chi connectivity index (χ4v) is 6.19. The molecule has 0 amide bonds. The summed E-state index contributed by atoms with van der Waals surface area (Å²) < 4.78 is 34.5. The minimum atomic E-state index is -3.90. The number of nitrogens with one attached hydrogen (secondary N) is 1. The third-order valence-electron chi connectivity index (χ3n) is 5.88. The maximum absolute atomic E-state index is 13.9. The molecule has 1 aromatic heterocycles. The van der Waals surface area contributed by atoms with E-state index in [1.807, 2.05) is 75.4 Å². The molecule has 3 aromatic carbocycles. The van der Waals surface area contributed by atoms with Crippen molar-refractivity contribution in [3.05, 3.63) is 105 Å². The second-order valence-corrected chi connectivity index (χ2v) is 10.4. The summed E-state index contributed by atoms with van der Waals surface area (Å²) in [6, 6.07) is 20.3. The van der Waals surface area contributed by atoms with Gasteiger partial charge in [-0.15, -0.1) is 0 Å². The first-order valence-electron chi connectivity index (χ1n) is 11.0. The third-order valence-corrected chi connectivity index (χ3v) is 7.98. The molecule has 1 N–H and O–H groups in total. The molecule has 1 heterocycles. The molecule has 4 rings (SSSR count). The molecule has 0 saturated heterocycles. The summed E-state index contributed by atoms with van der Waals surface area (Å²) in [6.45, 7) is 5.66. The van der Waals surface area contributed by atoms with E-state index < -0.39 is 10.0 Å². The van der Waals surface area contributed by atoms with E-state index in [0.29, 0.717) is 28.0 Å². The lowest BCUT2D eigenvalue weighted by Gasteiger charge is -2.24. The number of hydrogen-bond acceptors (Lipinski definition) is 4. The summed E-state index contributed by atoms with van der Waals surface area (Å²) in [6.07, 6.45) is 0.